The van der Waals surface area contributed by atoms with Crippen molar-refractivity contribution in [2.45, 2.75) is 12.1 Å². The molecule has 2 atom stereocenters. The van der Waals surface area contributed by atoms with Crippen LogP contribution in [0.5, 0.6) is 0 Å². The molecule has 2 unspecified atom stereocenters. The summed E-state index contributed by atoms with van der Waals surface area (Å²) in [6, 6.07) is 5.64. The second kappa shape index (κ2) is 4.99. The van der Waals surface area contributed by atoms with Crippen LogP contribution in [0.15, 0.2) is 28.7 Å². The van der Waals surface area contributed by atoms with Gasteiger partial charge in [0.15, 0.2) is 9.84 Å². The van der Waals surface area contributed by atoms with E-state index in [1.807, 2.05) is 0 Å². The van der Waals surface area contributed by atoms with Crippen LogP contribution in [0.3, 0.4) is 0 Å². The van der Waals surface area contributed by atoms with Crippen LogP contribution in [-0.4, -0.2) is 37.0 Å². The van der Waals surface area contributed by atoms with Crippen LogP contribution in [0.2, 0.25) is 0 Å². The maximum absolute atomic E-state index is 11.7. The number of rotatable bonds is 2. The molecule has 2 rings (SSSR count). The number of benzene rings is 1. The summed E-state index contributed by atoms with van der Waals surface area (Å²) in [4.78, 5) is 10.9. The van der Waals surface area contributed by atoms with Crippen LogP contribution < -0.4 is 5.32 Å². The van der Waals surface area contributed by atoms with Crippen molar-refractivity contribution >= 4 is 31.7 Å². The van der Waals surface area contributed by atoms with Crippen LogP contribution >= 0.6 is 15.9 Å². The van der Waals surface area contributed by atoms with E-state index in [9.17, 15) is 13.2 Å². The number of carboxylic acids is 1. The van der Waals surface area contributed by atoms with E-state index in [4.69, 9.17) is 5.11 Å². The molecule has 1 aliphatic rings. The zero-order valence-corrected chi connectivity index (χ0v) is 11.7. The maximum Gasteiger partial charge on any atom is 0.321 e. The van der Waals surface area contributed by atoms with Crippen LogP contribution in [0.4, 0.5) is 0 Å². The van der Waals surface area contributed by atoms with Gasteiger partial charge in [-0.2, -0.15) is 0 Å². The van der Waals surface area contributed by atoms with Crippen LogP contribution in [0, 0.1) is 0 Å². The minimum atomic E-state index is -3.34. The minimum absolute atomic E-state index is 0.0710. The van der Waals surface area contributed by atoms with Gasteiger partial charge in [0.05, 0.1) is 11.5 Å². The highest BCUT2D eigenvalue weighted by molar-refractivity contribution is 9.10. The number of nitrogens with one attached hydrogen (secondary N) is 1. The van der Waals surface area contributed by atoms with E-state index >= 15 is 0 Å². The lowest BCUT2D eigenvalue weighted by molar-refractivity contribution is -0.139. The Morgan fingerprint density at radius 3 is 2.44 bits per heavy atom. The summed E-state index contributed by atoms with van der Waals surface area (Å²) in [5, 5.41) is 11.8. The Labute approximate surface area is 113 Å². The fourth-order valence-corrected chi connectivity index (χ4v) is 3.89. The Bertz CT molecular complexity index is 555. The van der Waals surface area contributed by atoms with E-state index in [1.165, 1.54) is 0 Å². The Hall–Kier alpha value is -0.920. The second-order valence-electron chi connectivity index (χ2n) is 4.24. The number of halogens is 1. The van der Waals surface area contributed by atoms with Crippen molar-refractivity contribution in [3.63, 3.8) is 0 Å². The minimum Gasteiger partial charge on any atom is -0.480 e. The highest BCUT2D eigenvalue weighted by Gasteiger charge is 2.35. The average molecular weight is 334 g/mol. The molecule has 2 N–H and O–H groups in total. The third-order valence-corrected chi connectivity index (χ3v) is 5.03. The number of carboxylic acid groups (broad SMARTS) is 1. The second-order valence-corrected chi connectivity index (χ2v) is 7.31. The van der Waals surface area contributed by atoms with Crippen LogP contribution in [0.1, 0.15) is 11.6 Å². The largest absolute Gasteiger partial charge is 0.480 e. The standard InChI is InChI=1S/C11H12BrNO4S/c12-8-3-1-7(2-4-8)9-5-18(16,17)6-10(13-9)11(14)15/h1-4,9-10,13H,5-6H2,(H,14,15). The van der Waals surface area contributed by atoms with Crippen molar-refractivity contribution in [3.8, 4) is 0 Å². The average Bonchev–Trinajstić information content (AvgIpc) is 2.27. The predicted molar refractivity (Wildman–Crippen MR) is 70.1 cm³/mol. The van der Waals surface area contributed by atoms with E-state index in [-0.39, 0.29) is 11.5 Å². The summed E-state index contributed by atoms with van der Waals surface area (Å²) in [5.41, 5.74) is 0.771. The molecule has 1 aliphatic heterocycles. The normalized spacial score (nSPS) is 26.7. The number of carbonyl (C=O) groups is 1. The first-order valence-corrected chi connectivity index (χ1v) is 7.93. The fourth-order valence-electron chi connectivity index (χ4n) is 1.95. The van der Waals surface area contributed by atoms with Crippen molar-refractivity contribution in [1.82, 2.24) is 5.32 Å². The first kappa shape index (κ1) is 13.5. The van der Waals surface area contributed by atoms with E-state index in [2.05, 4.69) is 21.2 Å². The molecule has 7 heteroatoms. The summed E-state index contributed by atoms with van der Waals surface area (Å²) < 4.78 is 24.3. The van der Waals surface area contributed by atoms with Gasteiger partial charge in [0.25, 0.3) is 0 Å². The summed E-state index contributed by atoms with van der Waals surface area (Å²) in [7, 11) is -3.34. The Morgan fingerprint density at radius 1 is 1.28 bits per heavy atom. The molecule has 1 fully saturated rings. The SMILES string of the molecule is O=C(O)C1CS(=O)(=O)CC(c2ccc(Br)cc2)N1. The smallest absolute Gasteiger partial charge is 0.321 e. The summed E-state index contributed by atoms with van der Waals surface area (Å²) in [5.74, 6) is -1.56. The van der Waals surface area contributed by atoms with Crippen molar-refractivity contribution < 1.29 is 18.3 Å². The predicted octanol–water partition coefficient (Wildman–Crippen LogP) is 0.961. The summed E-state index contributed by atoms with van der Waals surface area (Å²) >= 11 is 3.29. The Morgan fingerprint density at radius 2 is 1.89 bits per heavy atom. The van der Waals surface area contributed by atoms with Gasteiger partial charge in [0.2, 0.25) is 0 Å². The van der Waals surface area contributed by atoms with Gasteiger partial charge in [-0.05, 0) is 17.7 Å². The topological polar surface area (TPSA) is 83.5 Å². The molecule has 0 aromatic heterocycles. The molecule has 1 heterocycles. The highest BCUT2D eigenvalue weighted by Crippen LogP contribution is 2.22. The molecular weight excluding hydrogens is 322 g/mol. The number of aliphatic carboxylic acids is 1. The quantitative estimate of drug-likeness (QED) is 0.842. The number of sulfone groups is 1. The first-order chi connectivity index (χ1) is 8.37. The van der Waals surface area contributed by atoms with Gasteiger partial charge in [0, 0.05) is 10.5 Å². The highest BCUT2D eigenvalue weighted by atomic mass is 79.9. The van der Waals surface area contributed by atoms with Gasteiger partial charge < -0.3 is 5.11 Å². The Balaban J connectivity index is 2.27. The number of hydrogen-bond donors (Lipinski definition) is 2. The molecule has 1 saturated heterocycles. The van der Waals surface area contributed by atoms with Crippen molar-refractivity contribution in [3.05, 3.63) is 34.3 Å². The zero-order chi connectivity index (χ0) is 13.3. The zero-order valence-electron chi connectivity index (χ0n) is 9.34. The molecule has 0 saturated carbocycles. The molecule has 0 bridgehead atoms. The van der Waals surface area contributed by atoms with E-state index in [1.54, 1.807) is 24.3 Å². The summed E-state index contributed by atoms with van der Waals surface area (Å²) in [6.45, 7) is 0. The fraction of sp³-hybridized carbons (Fsp3) is 0.364. The molecule has 1 aromatic rings. The van der Waals surface area contributed by atoms with Gasteiger partial charge in [0.1, 0.15) is 6.04 Å². The van der Waals surface area contributed by atoms with E-state index in [0.29, 0.717) is 0 Å². The molecule has 0 aliphatic carbocycles. The lowest BCUT2D eigenvalue weighted by Gasteiger charge is -2.28. The first-order valence-electron chi connectivity index (χ1n) is 5.32. The number of hydrogen-bond acceptors (Lipinski definition) is 4. The molecule has 98 valence electrons. The third-order valence-electron chi connectivity index (χ3n) is 2.81. The molecule has 18 heavy (non-hydrogen) atoms. The van der Waals surface area contributed by atoms with Crippen LogP contribution in [0.25, 0.3) is 0 Å². The van der Waals surface area contributed by atoms with E-state index < -0.39 is 27.9 Å². The van der Waals surface area contributed by atoms with Crippen LogP contribution in [-0.2, 0) is 14.6 Å². The van der Waals surface area contributed by atoms with E-state index in [0.717, 1.165) is 10.0 Å². The van der Waals surface area contributed by atoms with Gasteiger partial charge in [-0.25, -0.2) is 8.42 Å². The molecule has 1 aromatic carbocycles. The third kappa shape index (κ3) is 3.09. The molecular formula is C11H12BrNO4S. The molecule has 0 radical (unpaired) electrons. The van der Waals surface area contributed by atoms with Gasteiger partial charge in [-0.1, -0.05) is 28.1 Å². The monoisotopic (exact) mass is 333 g/mol. The van der Waals surface area contributed by atoms with Gasteiger partial charge >= 0.3 is 5.97 Å². The Kier molecular flexibility index (Phi) is 3.74. The lowest BCUT2D eigenvalue weighted by atomic mass is 10.1. The molecule has 5 nitrogen and oxygen atoms in total. The van der Waals surface area contributed by atoms with Gasteiger partial charge in [-0.15, -0.1) is 0 Å². The van der Waals surface area contributed by atoms with Gasteiger partial charge in [-0.3, -0.25) is 10.1 Å². The summed E-state index contributed by atoms with van der Waals surface area (Å²) in [6.07, 6.45) is 0. The lowest BCUT2D eigenvalue weighted by Crippen LogP contribution is -2.51. The van der Waals surface area contributed by atoms with Crippen molar-refractivity contribution in [2.75, 3.05) is 11.5 Å². The molecule has 0 spiro atoms. The molecule has 0 amide bonds. The maximum atomic E-state index is 11.7. The van der Waals surface area contributed by atoms with Crippen molar-refractivity contribution in [1.29, 1.82) is 0 Å². The van der Waals surface area contributed by atoms with Crippen molar-refractivity contribution in [2.24, 2.45) is 0 Å².